The van der Waals surface area contributed by atoms with Gasteiger partial charge < -0.3 is 15.2 Å². The van der Waals surface area contributed by atoms with Crippen LogP contribution in [-0.2, 0) is 11.3 Å². The van der Waals surface area contributed by atoms with Crippen molar-refractivity contribution in [3.05, 3.63) is 59.2 Å². The molecular formula is C15H13F2NO3. The molecule has 21 heavy (non-hydrogen) atoms. The summed E-state index contributed by atoms with van der Waals surface area (Å²) in [5.74, 6) is -2.40. The number of rotatable bonds is 4. The standard InChI is InChI=1S/C15H13F2NO3/c1-21-15(20)11-7-10(16)3-4-13(11)18-8-9-2-5-14(19)12(17)6-9/h2-7,18-19H,8H2,1H3. The number of hydrogen-bond donors (Lipinski definition) is 2. The van der Waals surface area contributed by atoms with E-state index in [1.165, 1.54) is 37.4 Å². The van der Waals surface area contributed by atoms with Gasteiger partial charge in [-0.05, 0) is 35.9 Å². The van der Waals surface area contributed by atoms with Gasteiger partial charge in [-0.25, -0.2) is 13.6 Å². The lowest BCUT2D eigenvalue weighted by molar-refractivity contribution is 0.0601. The van der Waals surface area contributed by atoms with Gasteiger partial charge in [0.05, 0.1) is 12.7 Å². The first-order chi connectivity index (χ1) is 10.0. The van der Waals surface area contributed by atoms with E-state index in [0.717, 1.165) is 6.07 Å². The Bertz CT molecular complexity index is 674. The molecule has 0 fully saturated rings. The summed E-state index contributed by atoms with van der Waals surface area (Å²) in [4.78, 5) is 11.6. The van der Waals surface area contributed by atoms with Gasteiger partial charge in [-0.2, -0.15) is 0 Å². The molecule has 0 unspecified atom stereocenters. The molecule has 0 saturated carbocycles. The number of carbonyl (C=O) groups excluding carboxylic acids is 1. The van der Waals surface area contributed by atoms with Crippen LogP contribution in [-0.4, -0.2) is 18.2 Å². The Kier molecular flexibility index (Phi) is 4.37. The van der Waals surface area contributed by atoms with E-state index in [2.05, 4.69) is 10.1 Å². The van der Waals surface area contributed by atoms with Crippen molar-refractivity contribution in [2.24, 2.45) is 0 Å². The van der Waals surface area contributed by atoms with Gasteiger partial charge in [0, 0.05) is 12.2 Å². The Labute approximate surface area is 120 Å². The fraction of sp³-hybridized carbons (Fsp3) is 0.133. The molecule has 0 aromatic heterocycles. The van der Waals surface area contributed by atoms with Crippen molar-refractivity contribution in [1.29, 1.82) is 0 Å². The maximum Gasteiger partial charge on any atom is 0.340 e. The van der Waals surface area contributed by atoms with Crippen molar-refractivity contribution in [2.75, 3.05) is 12.4 Å². The van der Waals surface area contributed by atoms with E-state index in [1.54, 1.807) is 0 Å². The Balaban J connectivity index is 2.19. The van der Waals surface area contributed by atoms with Crippen LogP contribution in [0.15, 0.2) is 36.4 Å². The van der Waals surface area contributed by atoms with Gasteiger partial charge in [0.2, 0.25) is 0 Å². The summed E-state index contributed by atoms with van der Waals surface area (Å²) in [5.41, 5.74) is 0.985. The second-order valence-electron chi connectivity index (χ2n) is 4.32. The molecule has 2 aromatic rings. The molecular weight excluding hydrogens is 280 g/mol. The van der Waals surface area contributed by atoms with Crippen molar-refractivity contribution in [3.63, 3.8) is 0 Å². The first kappa shape index (κ1) is 14.8. The summed E-state index contributed by atoms with van der Waals surface area (Å²) in [7, 11) is 1.20. The third kappa shape index (κ3) is 3.47. The SMILES string of the molecule is COC(=O)c1cc(F)ccc1NCc1ccc(O)c(F)c1. The average molecular weight is 293 g/mol. The monoisotopic (exact) mass is 293 g/mol. The number of benzene rings is 2. The van der Waals surface area contributed by atoms with E-state index in [1.807, 2.05) is 0 Å². The highest BCUT2D eigenvalue weighted by atomic mass is 19.1. The summed E-state index contributed by atoms with van der Waals surface area (Å²) in [6, 6.07) is 7.60. The molecule has 0 aliphatic heterocycles. The lowest BCUT2D eigenvalue weighted by atomic mass is 10.1. The van der Waals surface area contributed by atoms with Crippen molar-refractivity contribution in [2.45, 2.75) is 6.54 Å². The highest BCUT2D eigenvalue weighted by Gasteiger charge is 2.13. The average Bonchev–Trinajstić information content (AvgIpc) is 2.48. The summed E-state index contributed by atoms with van der Waals surface area (Å²) < 4.78 is 31.0. The highest BCUT2D eigenvalue weighted by Crippen LogP contribution is 2.21. The predicted octanol–water partition coefficient (Wildman–Crippen LogP) is 3.07. The number of phenolic OH excluding ortho intramolecular Hbond substituents is 1. The van der Waals surface area contributed by atoms with Gasteiger partial charge in [-0.1, -0.05) is 6.07 Å². The zero-order chi connectivity index (χ0) is 15.4. The molecule has 4 nitrogen and oxygen atoms in total. The van der Waals surface area contributed by atoms with Crippen LogP contribution >= 0.6 is 0 Å². The van der Waals surface area contributed by atoms with Gasteiger partial charge in [-0.3, -0.25) is 0 Å². The van der Waals surface area contributed by atoms with Crippen LogP contribution in [0.3, 0.4) is 0 Å². The van der Waals surface area contributed by atoms with Crippen LogP contribution in [0.4, 0.5) is 14.5 Å². The molecule has 0 aliphatic rings. The maximum absolute atomic E-state index is 13.2. The number of halogens is 2. The third-order valence-electron chi connectivity index (χ3n) is 2.88. The molecule has 0 aliphatic carbocycles. The number of phenols is 1. The second kappa shape index (κ2) is 6.21. The fourth-order valence-electron chi connectivity index (χ4n) is 1.81. The zero-order valence-electron chi connectivity index (χ0n) is 11.2. The van der Waals surface area contributed by atoms with E-state index in [9.17, 15) is 13.6 Å². The van der Waals surface area contributed by atoms with Crippen molar-refractivity contribution in [1.82, 2.24) is 0 Å². The number of nitrogens with one attached hydrogen (secondary N) is 1. The Morgan fingerprint density at radius 2 is 2.00 bits per heavy atom. The third-order valence-corrected chi connectivity index (χ3v) is 2.88. The zero-order valence-corrected chi connectivity index (χ0v) is 11.2. The van der Waals surface area contributed by atoms with Crippen LogP contribution in [0.5, 0.6) is 5.75 Å². The first-order valence-corrected chi connectivity index (χ1v) is 6.10. The molecule has 0 atom stereocenters. The lowest BCUT2D eigenvalue weighted by Gasteiger charge is -2.11. The number of anilines is 1. The minimum Gasteiger partial charge on any atom is -0.505 e. The lowest BCUT2D eigenvalue weighted by Crippen LogP contribution is -2.09. The topological polar surface area (TPSA) is 58.6 Å². The summed E-state index contributed by atoms with van der Waals surface area (Å²) in [5, 5.41) is 12.0. The second-order valence-corrected chi connectivity index (χ2v) is 4.32. The molecule has 110 valence electrons. The Morgan fingerprint density at radius 3 is 2.67 bits per heavy atom. The quantitative estimate of drug-likeness (QED) is 0.851. The minimum absolute atomic E-state index is 0.0525. The van der Waals surface area contributed by atoms with Crippen LogP contribution in [0, 0.1) is 11.6 Å². The molecule has 0 saturated heterocycles. The normalized spacial score (nSPS) is 10.2. The number of aromatic hydroxyl groups is 1. The van der Waals surface area contributed by atoms with Crippen molar-refractivity contribution in [3.8, 4) is 5.75 Å². The Hall–Kier alpha value is -2.63. The number of hydrogen-bond acceptors (Lipinski definition) is 4. The van der Waals surface area contributed by atoms with E-state index in [0.29, 0.717) is 11.3 Å². The van der Waals surface area contributed by atoms with Gasteiger partial charge in [0.25, 0.3) is 0 Å². The number of ether oxygens (including phenoxy) is 1. The summed E-state index contributed by atoms with van der Waals surface area (Å²) >= 11 is 0. The molecule has 0 amide bonds. The van der Waals surface area contributed by atoms with E-state index in [4.69, 9.17) is 5.11 Å². The molecule has 2 N–H and O–H groups in total. The van der Waals surface area contributed by atoms with E-state index < -0.39 is 23.4 Å². The molecule has 0 heterocycles. The molecule has 6 heteroatoms. The number of methoxy groups -OCH3 is 1. The highest BCUT2D eigenvalue weighted by molar-refractivity contribution is 5.95. The number of carbonyl (C=O) groups is 1. The van der Waals surface area contributed by atoms with E-state index in [-0.39, 0.29) is 12.1 Å². The van der Waals surface area contributed by atoms with Crippen LogP contribution in [0.25, 0.3) is 0 Å². The van der Waals surface area contributed by atoms with Crippen LogP contribution < -0.4 is 5.32 Å². The Morgan fingerprint density at radius 1 is 1.24 bits per heavy atom. The van der Waals surface area contributed by atoms with Gasteiger partial charge in [0.1, 0.15) is 5.82 Å². The summed E-state index contributed by atoms with van der Waals surface area (Å²) in [6.45, 7) is 0.201. The molecule has 0 bridgehead atoms. The van der Waals surface area contributed by atoms with E-state index >= 15 is 0 Å². The minimum atomic E-state index is -0.735. The van der Waals surface area contributed by atoms with Gasteiger partial charge in [0.15, 0.2) is 11.6 Å². The molecule has 2 rings (SSSR count). The van der Waals surface area contributed by atoms with Crippen molar-refractivity contribution < 1.29 is 23.4 Å². The smallest absolute Gasteiger partial charge is 0.340 e. The van der Waals surface area contributed by atoms with Gasteiger partial charge in [-0.15, -0.1) is 0 Å². The first-order valence-electron chi connectivity index (χ1n) is 6.10. The maximum atomic E-state index is 13.2. The molecule has 2 aromatic carbocycles. The van der Waals surface area contributed by atoms with Crippen molar-refractivity contribution >= 4 is 11.7 Å². The number of esters is 1. The fourth-order valence-corrected chi connectivity index (χ4v) is 1.81. The predicted molar refractivity (Wildman–Crippen MR) is 73.1 cm³/mol. The molecule has 0 spiro atoms. The summed E-state index contributed by atoms with van der Waals surface area (Å²) in [6.07, 6.45) is 0. The largest absolute Gasteiger partial charge is 0.505 e. The van der Waals surface area contributed by atoms with Crippen LogP contribution in [0.2, 0.25) is 0 Å². The van der Waals surface area contributed by atoms with Crippen LogP contribution in [0.1, 0.15) is 15.9 Å². The molecule has 0 radical (unpaired) electrons. The van der Waals surface area contributed by atoms with Gasteiger partial charge >= 0.3 is 5.97 Å².